The minimum atomic E-state index is -0.360. The molecule has 0 fully saturated rings. The molecule has 0 radical (unpaired) electrons. The Labute approximate surface area is 172 Å². The number of carbonyl (C=O) groups excluding carboxylic acids is 1. The number of aromatic nitrogens is 4. The summed E-state index contributed by atoms with van der Waals surface area (Å²) in [4.78, 5) is 29.3. The number of hydrogen-bond acceptors (Lipinski definition) is 5. The van der Waals surface area contributed by atoms with Gasteiger partial charge in [0.15, 0.2) is 5.65 Å². The number of ether oxygens (including phenoxy) is 1. The van der Waals surface area contributed by atoms with E-state index in [0.29, 0.717) is 41.0 Å². The first-order valence-electron chi connectivity index (χ1n) is 9.90. The number of hydrogen-bond donors (Lipinski definition) is 2. The average Bonchev–Trinajstić information content (AvgIpc) is 3.17. The molecule has 0 aliphatic rings. The van der Waals surface area contributed by atoms with Gasteiger partial charge in [-0.2, -0.15) is 10.1 Å². The normalized spacial score (nSPS) is 11.4. The third-order valence-electron chi connectivity index (χ3n) is 4.73. The Bertz CT molecular complexity index is 1240. The van der Waals surface area contributed by atoms with E-state index in [1.807, 2.05) is 44.2 Å². The minimum absolute atomic E-state index is 0.172. The van der Waals surface area contributed by atoms with Crippen LogP contribution in [-0.2, 0) is 4.74 Å². The lowest BCUT2D eigenvalue weighted by molar-refractivity contribution is 0.0757. The molecule has 4 rings (SSSR count). The highest BCUT2D eigenvalue weighted by Crippen LogP contribution is 2.22. The largest absolute Gasteiger partial charge is 0.379 e. The van der Waals surface area contributed by atoms with Crippen LogP contribution >= 0.6 is 0 Å². The van der Waals surface area contributed by atoms with Gasteiger partial charge in [0.05, 0.1) is 17.0 Å². The van der Waals surface area contributed by atoms with Crippen LogP contribution in [0.3, 0.4) is 0 Å². The fourth-order valence-corrected chi connectivity index (χ4v) is 3.25. The molecule has 30 heavy (non-hydrogen) atoms. The van der Waals surface area contributed by atoms with Crippen molar-refractivity contribution in [3.8, 4) is 11.3 Å². The van der Waals surface area contributed by atoms with Crippen molar-refractivity contribution in [1.82, 2.24) is 25.1 Å². The van der Waals surface area contributed by atoms with Crippen molar-refractivity contribution in [3.63, 3.8) is 0 Å². The van der Waals surface area contributed by atoms with Crippen LogP contribution in [0, 0.1) is 0 Å². The Morgan fingerprint density at radius 1 is 1.20 bits per heavy atom. The summed E-state index contributed by atoms with van der Waals surface area (Å²) in [6.45, 7) is 5.05. The number of nitrogens with one attached hydrogen (secondary N) is 2. The molecular formula is C22H23N5O3. The number of rotatable bonds is 7. The molecule has 1 amide bonds. The van der Waals surface area contributed by atoms with Gasteiger partial charge < -0.3 is 10.1 Å². The van der Waals surface area contributed by atoms with Gasteiger partial charge in [0.1, 0.15) is 5.69 Å². The van der Waals surface area contributed by atoms with Crippen LogP contribution in [0.2, 0.25) is 0 Å². The van der Waals surface area contributed by atoms with Crippen LogP contribution < -0.4 is 10.9 Å². The fraction of sp³-hybridized carbons (Fsp3) is 0.273. The monoisotopic (exact) mass is 405 g/mol. The molecule has 0 unspecified atom stereocenters. The molecule has 0 atom stereocenters. The van der Waals surface area contributed by atoms with Crippen molar-refractivity contribution in [2.75, 3.05) is 13.2 Å². The van der Waals surface area contributed by atoms with Gasteiger partial charge in [0.2, 0.25) is 0 Å². The van der Waals surface area contributed by atoms with E-state index in [2.05, 4.69) is 20.6 Å². The number of fused-ring (bicyclic) bond motifs is 3. The van der Waals surface area contributed by atoms with E-state index in [-0.39, 0.29) is 17.6 Å². The summed E-state index contributed by atoms with van der Waals surface area (Å²) >= 11 is 0. The molecule has 4 aromatic rings. The van der Waals surface area contributed by atoms with Crippen molar-refractivity contribution < 1.29 is 9.53 Å². The van der Waals surface area contributed by atoms with Crippen molar-refractivity contribution in [2.24, 2.45) is 0 Å². The second-order valence-electron chi connectivity index (χ2n) is 7.26. The van der Waals surface area contributed by atoms with Gasteiger partial charge in [0, 0.05) is 24.3 Å². The molecule has 2 heterocycles. The Balaban J connectivity index is 1.65. The molecule has 0 saturated heterocycles. The zero-order valence-electron chi connectivity index (χ0n) is 16.9. The number of carbonyl (C=O) groups is 1. The first-order chi connectivity index (χ1) is 14.5. The number of aromatic amines is 1. The average molecular weight is 405 g/mol. The summed E-state index contributed by atoms with van der Waals surface area (Å²) in [6, 6.07) is 14.4. The lowest BCUT2D eigenvalue weighted by atomic mass is 10.1. The van der Waals surface area contributed by atoms with E-state index < -0.39 is 0 Å². The van der Waals surface area contributed by atoms with Crippen molar-refractivity contribution in [2.45, 2.75) is 26.4 Å². The predicted molar refractivity (Wildman–Crippen MR) is 115 cm³/mol. The molecule has 0 aliphatic carbocycles. The summed E-state index contributed by atoms with van der Waals surface area (Å²) in [5.74, 6) is -0.206. The predicted octanol–water partition coefficient (Wildman–Crippen LogP) is 2.78. The fourth-order valence-electron chi connectivity index (χ4n) is 3.25. The molecule has 8 heteroatoms. The van der Waals surface area contributed by atoms with Gasteiger partial charge in [-0.25, -0.2) is 9.73 Å². The number of amides is 1. The van der Waals surface area contributed by atoms with E-state index in [0.717, 1.165) is 12.0 Å². The van der Waals surface area contributed by atoms with Crippen LogP contribution in [0.15, 0.2) is 53.3 Å². The van der Waals surface area contributed by atoms with Gasteiger partial charge in [-0.3, -0.25) is 9.59 Å². The zero-order chi connectivity index (χ0) is 21.1. The van der Waals surface area contributed by atoms with E-state index >= 15 is 0 Å². The molecule has 2 N–H and O–H groups in total. The maximum Gasteiger partial charge on any atom is 0.281 e. The molecule has 154 valence electrons. The second-order valence-corrected chi connectivity index (χ2v) is 7.26. The Morgan fingerprint density at radius 2 is 2.00 bits per heavy atom. The molecule has 0 bridgehead atoms. The quantitative estimate of drug-likeness (QED) is 0.461. The molecule has 2 aromatic carbocycles. The van der Waals surface area contributed by atoms with Crippen LogP contribution in [0.4, 0.5) is 0 Å². The lowest BCUT2D eigenvalue weighted by Gasteiger charge is -2.09. The molecule has 0 spiro atoms. The highest BCUT2D eigenvalue weighted by atomic mass is 16.5. The lowest BCUT2D eigenvalue weighted by Crippen LogP contribution is -2.25. The first kappa shape index (κ1) is 19.8. The molecule has 8 nitrogen and oxygen atoms in total. The third-order valence-corrected chi connectivity index (χ3v) is 4.73. The van der Waals surface area contributed by atoms with Crippen LogP contribution in [0.25, 0.3) is 27.8 Å². The summed E-state index contributed by atoms with van der Waals surface area (Å²) in [5.41, 5.74) is 2.50. The summed E-state index contributed by atoms with van der Waals surface area (Å²) in [5, 5.41) is 10.5. The number of nitrogens with zero attached hydrogens (tertiary/aromatic N) is 3. The topological polar surface area (TPSA) is 101 Å². The molecular weight excluding hydrogens is 382 g/mol. The van der Waals surface area contributed by atoms with Crippen molar-refractivity contribution in [3.05, 3.63) is 64.4 Å². The van der Waals surface area contributed by atoms with Gasteiger partial charge in [-0.1, -0.05) is 30.3 Å². The zero-order valence-corrected chi connectivity index (χ0v) is 16.9. The van der Waals surface area contributed by atoms with Crippen LogP contribution in [0.1, 0.15) is 30.6 Å². The third kappa shape index (κ3) is 3.95. The molecule has 0 aliphatic heterocycles. The van der Waals surface area contributed by atoms with Gasteiger partial charge in [-0.05, 0) is 38.5 Å². The minimum Gasteiger partial charge on any atom is -0.379 e. The summed E-state index contributed by atoms with van der Waals surface area (Å²) in [6.07, 6.45) is 0.900. The highest BCUT2D eigenvalue weighted by molar-refractivity contribution is 5.98. The van der Waals surface area contributed by atoms with Crippen molar-refractivity contribution >= 4 is 22.5 Å². The second kappa shape index (κ2) is 8.46. The standard InChI is InChI=1S/C22H23N5O3/c1-14(2)30-12-6-11-23-21(28)16-9-10-17-18(13-16)27-20(24-22(17)29)19(25-26-27)15-7-4-3-5-8-15/h3-5,7-10,13-14,26H,6,11-12H2,1-2H3,(H,23,28). The van der Waals surface area contributed by atoms with Gasteiger partial charge >= 0.3 is 0 Å². The Hall–Kier alpha value is -3.52. The molecule has 0 saturated carbocycles. The summed E-state index contributed by atoms with van der Waals surface area (Å²) < 4.78 is 7.11. The SMILES string of the molecule is CC(C)OCCCNC(=O)c1ccc2c(=O)nc3c(-c4ccccc4)n[nH]n3c2c1. The van der Waals surface area contributed by atoms with Gasteiger partial charge in [0.25, 0.3) is 11.5 Å². The number of benzene rings is 2. The van der Waals surface area contributed by atoms with E-state index in [1.54, 1.807) is 22.7 Å². The summed E-state index contributed by atoms with van der Waals surface area (Å²) in [7, 11) is 0. The van der Waals surface area contributed by atoms with E-state index in [1.165, 1.54) is 0 Å². The van der Waals surface area contributed by atoms with E-state index in [4.69, 9.17) is 4.74 Å². The van der Waals surface area contributed by atoms with E-state index in [9.17, 15) is 9.59 Å². The number of H-pyrrole nitrogens is 1. The van der Waals surface area contributed by atoms with Crippen molar-refractivity contribution in [1.29, 1.82) is 0 Å². The highest BCUT2D eigenvalue weighted by Gasteiger charge is 2.15. The van der Waals surface area contributed by atoms with Gasteiger partial charge in [-0.15, -0.1) is 0 Å². The maximum atomic E-state index is 12.6. The molecule has 2 aromatic heterocycles. The van der Waals surface area contributed by atoms with Crippen LogP contribution in [0.5, 0.6) is 0 Å². The Kier molecular flexibility index (Phi) is 5.58. The van der Waals surface area contributed by atoms with Crippen LogP contribution in [-0.4, -0.2) is 45.0 Å². The smallest absolute Gasteiger partial charge is 0.281 e. The maximum absolute atomic E-state index is 12.6. The Morgan fingerprint density at radius 3 is 2.77 bits per heavy atom. The first-order valence-corrected chi connectivity index (χ1v) is 9.90.